The van der Waals surface area contributed by atoms with Crippen LogP contribution in [0.25, 0.3) is 0 Å². The van der Waals surface area contributed by atoms with Gasteiger partial charge in [-0.15, -0.1) is 0 Å². The maximum atomic E-state index is 12.3. The zero-order valence-corrected chi connectivity index (χ0v) is 13.0. The van der Waals surface area contributed by atoms with Gasteiger partial charge in [0.2, 0.25) is 10.0 Å². The molecule has 0 saturated heterocycles. The highest BCUT2D eigenvalue weighted by Crippen LogP contribution is 2.44. The van der Waals surface area contributed by atoms with Gasteiger partial charge in [-0.1, -0.05) is 6.92 Å². The van der Waals surface area contributed by atoms with Crippen LogP contribution in [-0.4, -0.2) is 25.6 Å². The fourth-order valence-electron chi connectivity index (χ4n) is 2.18. The fourth-order valence-corrected chi connectivity index (χ4v) is 3.47. The largest absolute Gasteiger partial charge is 0.352 e. The summed E-state index contributed by atoms with van der Waals surface area (Å²) in [5.74, 6) is 0. The highest BCUT2D eigenvalue weighted by Gasteiger charge is 2.38. The van der Waals surface area contributed by atoms with Gasteiger partial charge in [0.25, 0.3) is 0 Å². The minimum atomic E-state index is -3.38. The van der Waals surface area contributed by atoms with Crippen LogP contribution in [0.5, 0.6) is 0 Å². The first kappa shape index (κ1) is 14.1. The first-order valence-electron chi connectivity index (χ1n) is 7.26. The van der Waals surface area contributed by atoms with E-state index in [0.29, 0.717) is 17.5 Å². The van der Waals surface area contributed by atoms with Crippen molar-refractivity contribution in [2.75, 3.05) is 6.54 Å². The van der Waals surface area contributed by atoms with E-state index in [1.165, 1.54) is 12.8 Å². The number of aryl methyl sites for hydroxylation is 1. The van der Waals surface area contributed by atoms with Gasteiger partial charge < -0.3 is 9.88 Å². The number of nitrogens with zero attached hydrogens (tertiary/aromatic N) is 1. The van der Waals surface area contributed by atoms with Crippen LogP contribution in [0.4, 0.5) is 0 Å². The Balaban J connectivity index is 1.66. The summed E-state index contributed by atoms with van der Waals surface area (Å²) >= 11 is 0. The van der Waals surface area contributed by atoms with E-state index in [-0.39, 0.29) is 5.41 Å². The van der Waals surface area contributed by atoms with Crippen molar-refractivity contribution < 1.29 is 8.42 Å². The molecule has 6 heteroatoms. The third kappa shape index (κ3) is 3.24. The molecule has 3 rings (SSSR count). The van der Waals surface area contributed by atoms with Crippen molar-refractivity contribution in [3.8, 4) is 0 Å². The molecule has 0 bridgehead atoms. The molecule has 0 unspecified atom stereocenters. The standard InChI is InChI=1S/C14H23N3O2S/c1-14(5-6-14)10-16-20(18,19)13-7-12(17(2)9-13)8-15-11-3-4-11/h7,9,11,15-16H,3-6,8,10H2,1-2H3. The number of aromatic nitrogens is 1. The molecular weight excluding hydrogens is 274 g/mol. The summed E-state index contributed by atoms with van der Waals surface area (Å²) in [6, 6.07) is 2.39. The summed E-state index contributed by atoms with van der Waals surface area (Å²) in [4.78, 5) is 0.372. The highest BCUT2D eigenvalue weighted by atomic mass is 32.2. The summed E-state index contributed by atoms with van der Waals surface area (Å²) in [6.07, 6.45) is 6.38. The molecule has 112 valence electrons. The fraction of sp³-hybridized carbons (Fsp3) is 0.714. The van der Waals surface area contributed by atoms with Crippen molar-refractivity contribution in [2.24, 2.45) is 12.5 Å². The minimum absolute atomic E-state index is 0.179. The maximum absolute atomic E-state index is 12.3. The van der Waals surface area contributed by atoms with Gasteiger partial charge >= 0.3 is 0 Å². The molecule has 0 aliphatic heterocycles. The first-order valence-corrected chi connectivity index (χ1v) is 8.75. The molecule has 1 aromatic rings. The SMILES string of the molecule is Cn1cc(S(=O)(=O)NCC2(C)CC2)cc1CNC1CC1. The van der Waals surface area contributed by atoms with Gasteiger partial charge in [0.1, 0.15) is 0 Å². The lowest BCUT2D eigenvalue weighted by atomic mass is 10.2. The third-order valence-electron chi connectivity index (χ3n) is 4.33. The molecular formula is C14H23N3O2S. The Bertz CT molecular complexity index is 598. The normalized spacial score (nSPS) is 21.1. The van der Waals surface area contributed by atoms with Gasteiger partial charge in [0.05, 0.1) is 4.90 Å². The Hall–Kier alpha value is -0.850. The van der Waals surface area contributed by atoms with E-state index in [9.17, 15) is 8.42 Å². The average Bonchev–Trinajstić information content (AvgIpc) is 3.29. The quantitative estimate of drug-likeness (QED) is 0.798. The van der Waals surface area contributed by atoms with Crippen LogP contribution in [0.15, 0.2) is 17.2 Å². The van der Waals surface area contributed by atoms with Crippen molar-refractivity contribution in [1.29, 1.82) is 0 Å². The molecule has 2 aliphatic carbocycles. The molecule has 0 radical (unpaired) electrons. The van der Waals surface area contributed by atoms with Crippen molar-refractivity contribution in [2.45, 2.75) is 50.1 Å². The summed E-state index contributed by atoms with van der Waals surface area (Å²) in [5, 5.41) is 3.41. The predicted octanol–water partition coefficient (Wildman–Crippen LogP) is 1.36. The topological polar surface area (TPSA) is 63.1 Å². The van der Waals surface area contributed by atoms with Crippen LogP contribution in [0.2, 0.25) is 0 Å². The van der Waals surface area contributed by atoms with Crippen LogP contribution in [0.1, 0.15) is 38.3 Å². The van der Waals surface area contributed by atoms with Gasteiger partial charge in [0.15, 0.2) is 0 Å². The molecule has 20 heavy (non-hydrogen) atoms. The Labute approximate surface area is 120 Å². The van der Waals surface area contributed by atoms with Crippen molar-refractivity contribution >= 4 is 10.0 Å². The van der Waals surface area contributed by atoms with Gasteiger partial charge in [-0.2, -0.15) is 0 Å². The molecule has 5 nitrogen and oxygen atoms in total. The van der Waals surface area contributed by atoms with Gasteiger partial charge in [-0.05, 0) is 37.2 Å². The lowest BCUT2D eigenvalue weighted by molar-refractivity contribution is 0.530. The summed E-state index contributed by atoms with van der Waals surface area (Å²) in [7, 11) is -1.48. The highest BCUT2D eigenvalue weighted by molar-refractivity contribution is 7.89. The molecule has 2 aliphatic rings. The molecule has 0 atom stereocenters. The molecule has 2 fully saturated rings. The second-order valence-electron chi connectivity index (χ2n) is 6.57. The lowest BCUT2D eigenvalue weighted by Crippen LogP contribution is -2.28. The zero-order valence-electron chi connectivity index (χ0n) is 12.1. The minimum Gasteiger partial charge on any atom is -0.352 e. The first-order chi connectivity index (χ1) is 9.38. The van der Waals surface area contributed by atoms with Gasteiger partial charge in [-0.25, -0.2) is 13.1 Å². The average molecular weight is 297 g/mol. The number of sulfonamides is 1. The van der Waals surface area contributed by atoms with Crippen LogP contribution in [0.3, 0.4) is 0 Å². The third-order valence-corrected chi connectivity index (χ3v) is 5.70. The Morgan fingerprint density at radius 2 is 2.10 bits per heavy atom. The molecule has 2 N–H and O–H groups in total. The number of nitrogens with one attached hydrogen (secondary N) is 2. The van der Waals surface area contributed by atoms with E-state index in [2.05, 4.69) is 17.0 Å². The van der Waals surface area contributed by atoms with E-state index in [1.54, 1.807) is 12.3 Å². The van der Waals surface area contributed by atoms with E-state index < -0.39 is 10.0 Å². The smallest absolute Gasteiger partial charge is 0.242 e. The second-order valence-corrected chi connectivity index (χ2v) is 8.34. The summed E-state index contributed by atoms with van der Waals surface area (Å²) in [6.45, 7) is 3.39. The Morgan fingerprint density at radius 3 is 2.70 bits per heavy atom. The van der Waals surface area contributed by atoms with E-state index in [4.69, 9.17) is 0 Å². The maximum Gasteiger partial charge on any atom is 0.242 e. The van der Waals surface area contributed by atoms with Gasteiger partial charge in [0, 0.05) is 38.1 Å². The van der Waals surface area contributed by atoms with Crippen LogP contribution in [-0.2, 0) is 23.6 Å². The molecule has 0 amide bonds. The van der Waals surface area contributed by atoms with E-state index in [1.807, 2.05) is 11.6 Å². The number of rotatable bonds is 7. The predicted molar refractivity (Wildman–Crippen MR) is 77.8 cm³/mol. The monoisotopic (exact) mass is 297 g/mol. The summed E-state index contributed by atoms with van der Waals surface area (Å²) in [5.41, 5.74) is 1.19. The number of hydrogen-bond acceptors (Lipinski definition) is 3. The van der Waals surface area contributed by atoms with Crippen LogP contribution in [0, 0.1) is 5.41 Å². The summed E-state index contributed by atoms with van der Waals surface area (Å²) < 4.78 is 29.2. The number of hydrogen-bond donors (Lipinski definition) is 2. The van der Waals surface area contributed by atoms with Crippen molar-refractivity contribution in [1.82, 2.24) is 14.6 Å². The van der Waals surface area contributed by atoms with Crippen molar-refractivity contribution in [3.63, 3.8) is 0 Å². The van der Waals surface area contributed by atoms with Crippen LogP contribution < -0.4 is 10.0 Å². The molecule has 1 heterocycles. The van der Waals surface area contributed by atoms with Crippen molar-refractivity contribution in [3.05, 3.63) is 18.0 Å². The zero-order chi connectivity index (χ0) is 14.4. The van der Waals surface area contributed by atoms with Gasteiger partial charge in [-0.3, -0.25) is 0 Å². The molecule has 2 saturated carbocycles. The van der Waals surface area contributed by atoms with Crippen LogP contribution >= 0.6 is 0 Å². The second kappa shape index (κ2) is 4.86. The lowest BCUT2D eigenvalue weighted by Gasteiger charge is -2.09. The van der Waals surface area contributed by atoms with E-state index in [0.717, 1.165) is 25.1 Å². The molecule has 0 aromatic carbocycles. The van der Waals surface area contributed by atoms with E-state index >= 15 is 0 Å². The Kier molecular flexibility index (Phi) is 3.43. The molecule has 1 aromatic heterocycles. The molecule has 0 spiro atoms. The Morgan fingerprint density at radius 1 is 1.40 bits per heavy atom.